The molecule has 0 saturated heterocycles. The lowest BCUT2D eigenvalue weighted by Crippen LogP contribution is -1.93. The summed E-state index contributed by atoms with van der Waals surface area (Å²) < 4.78 is 5.69. The van der Waals surface area contributed by atoms with Crippen LogP contribution in [0.3, 0.4) is 0 Å². The maximum Gasteiger partial charge on any atom is 0.230 e. The third-order valence-corrected chi connectivity index (χ3v) is 2.53. The molecule has 0 radical (unpaired) electrons. The van der Waals surface area contributed by atoms with Gasteiger partial charge in [0.05, 0.1) is 5.56 Å². The highest BCUT2D eigenvalue weighted by Crippen LogP contribution is 2.25. The van der Waals surface area contributed by atoms with Gasteiger partial charge < -0.3 is 10.2 Å². The fourth-order valence-corrected chi connectivity index (χ4v) is 1.66. The average Bonchev–Trinajstić information content (AvgIpc) is 2.75. The van der Waals surface area contributed by atoms with Crippen molar-refractivity contribution >= 4 is 17.0 Å². The van der Waals surface area contributed by atoms with E-state index in [2.05, 4.69) is 15.0 Å². The van der Waals surface area contributed by atoms with Crippen molar-refractivity contribution in [3.8, 4) is 11.5 Å². The van der Waals surface area contributed by atoms with Crippen molar-refractivity contribution in [1.82, 2.24) is 15.0 Å². The number of anilines is 1. The SMILES string of the molecule is Cc1cccc2nc(-c3cnc(N)nc3)oc12. The molecule has 5 nitrogen and oxygen atoms in total. The van der Waals surface area contributed by atoms with Gasteiger partial charge in [0, 0.05) is 12.4 Å². The molecule has 0 fully saturated rings. The largest absolute Gasteiger partial charge is 0.436 e. The molecule has 5 heteroatoms. The molecule has 84 valence electrons. The first-order chi connectivity index (χ1) is 8.24. The van der Waals surface area contributed by atoms with Gasteiger partial charge in [-0.05, 0) is 18.6 Å². The van der Waals surface area contributed by atoms with Crippen LogP contribution in [0.15, 0.2) is 35.0 Å². The van der Waals surface area contributed by atoms with Crippen LogP contribution < -0.4 is 5.73 Å². The smallest absolute Gasteiger partial charge is 0.230 e. The van der Waals surface area contributed by atoms with E-state index in [1.165, 1.54) is 0 Å². The molecule has 3 aromatic rings. The van der Waals surface area contributed by atoms with Crippen molar-refractivity contribution in [3.05, 3.63) is 36.2 Å². The topological polar surface area (TPSA) is 77.8 Å². The molecule has 1 aromatic carbocycles. The summed E-state index contributed by atoms with van der Waals surface area (Å²) in [5.41, 5.74) is 8.82. The minimum absolute atomic E-state index is 0.237. The van der Waals surface area contributed by atoms with E-state index in [9.17, 15) is 0 Å². The van der Waals surface area contributed by atoms with Gasteiger partial charge in [-0.2, -0.15) is 0 Å². The molecule has 0 atom stereocenters. The number of rotatable bonds is 1. The van der Waals surface area contributed by atoms with Crippen LogP contribution in [-0.2, 0) is 0 Å². The number of nitrogens with zero attached hydrogens (tertiary/aromatic N) is 3. The predicted octanol–water partition coefficient (Wildman–Crippen LogP) is 2.18. The molecule has 0 bridgehead atoms. The molecule has 0 amide bonds. The van der Waals surface area contributed by atoms with Crippen LogP contribution in [0.4, 0.5) is 5.95 Å². The lowest BCUT2D eigenvalue weighted by atomic mass is 10.2. The van der Waals surface area contributed by atoms with Gasteiger partial charge in [0.25, 0.3) is 0 Å². The summed E-state index contributed by atoms with van der Waals surface area (Å²) in [6.45, 7) is 1.98. The number of oxazole rings is 1. The van der Waals surface area contributed by atoms with E-state index in [1.54, 1.807) is 12.4 Å². The van der Waals surface area contributed by atoms with Gasteiger partial charge >= 0.3 is 0 Å². The second-order valence-electron chi connectivity index (χ2n) is 3.77. The van der Waals surface area contributed by atoms with Gasteiger partial charge in [0.15, 0.2) is 5.58 Å². The normalized spacial score (nSPS) is 10.9. The molecule has 0 aliphatic rings. The van der Waals surface area contributed by atoms with E-state index in [0.717, 1.165) is 22.2 Å². The van der Waals surface area contributed by atoms with Gasteiger partial charge in [-0.3, -0.25) is 0 Å². The van der Waals surface area contributed by atoms with E-state index >= 15 is 0 Å². The van der Waals surface area contributed by atoms with Gasteiger partial charge in [-0.1, -0.05) is 12.1 Å². The zero-order valence-corrected chi connectivity index (χ0v) is 9.21. The molecular formula is C12H10N4O. The second-order valence-corrected chi connectivity index (χ2v) is 3.77. The Hall–Kier alpha value is -2.43. The second kappa shape index (κ2) is 3.55. The number of aromatic nitrogens is 3. The molecule has 0 aliphatic heterocycles. The minimum Gasteiger partial charge on any atom is -0.436 e. The number of fused-ring (bicyclic) bond motifs is 1. The highest BCUT2D eigenvalue weighted by molar-refractivity contribution is 5.78. The first kappa shape index (κ1) is 9.77. The molecule has 0 spiro atoms. The Morgan fingerprint density at radius 3 is 2.65 bits per heavy atom. The lowest BCUT2D eigenvalue weighted by Gasteiger charge is -1.94. The van der Waals surface area contributed by atoms with Crippen LogP contribution in [-0.4, -0.2) is 15.0 Å². The average molecular weight is 226 g/mol. The van der Waals surface area contributed by atoms with Gasteiger partial charge in [-0.25, -0.2) is 15.0 Å². The van der Waals surface area contributed by atoms with E-state index in [1.807, 2.05) is 25.1 Å². The Morgan fingerprint density at radius 1 is 1.18 bits per heavy atom. The number of hydrogen-bond donors (Lipinski definition) is 1. The first-order valence-corrected chi connectivity index (χ1v) is 5.18. The van der Waals surface area contributed by atoms with Crippen LogP contribution in [0.5, 0.6) is 0 Å². The number of aryl methyl sites for hydroxylation is 1. The molecule has 0 aliphatic carbocycles. The Bertz CT molecular complexity index is 673. The summed E-state index contributed by atoms with van der Waals surface area (Å²) in [5.74, 6) is 0.746. The molecular weight excluding hydrogens is 216 g/mol. The Kier molecular flexibility index (Phi) is 2.04. The van der Waals surface area contributed by atoms with Gasteiger partial charge in [-0.15, -0.1) is 0 Å². The van der Waals surface area contributed by atoms with Gasteiger partial charge in [0.1, 0.15) is 5.52 Å². The zero-order chi connectivity index (χ0) is 11.8. The maximum atomic E-state index is 5.69. The summed E-state index contributed by atoms with van der Waals surface area (Å²) in [4.78, 5) is 12.2. The Balaban J connectivity index is 2.18. The summed E-state index contributed by atoms with van der Waals surface area (Å²) in [6, 6.07) is 5.84. The van der Waals surface area contributed by atoms with E-state index in [-0.39, 0.29) is 5.95 Å². The molecule has 0 saturated carbocycles. The molecule has 17 heavy (non-hydrogen) atoms. The van der Waals surface area contributed by atoms with Crippen molar-refractivity contribution in [1.29, 1.82) is 0 Å². The van der Waals surface area contributed by atoms with Crippen molar-refractivity contribution in [2.75, 3.05) is 5.73 Å². The predicted molar refractivity (Wildman–Crippen MR) is 64.2 cm³/mol. The first-order valence-electron chi connectivity index (χ1n) is 5.18. The van der Waals surface area contributed by atoms with Crippen molar-refractivity contribution in [2.45, 2.75) is 6.92 Å². The molecule has 2 N–H and O–H groups in total. The quantitative estimate of drug-likeness (QED) is 0.688. The summed E-state index contributed by atoms with van der Waals surface area (Å²) in [7, 11) is 0. The van der Waals surface area contributed by atoms with E-state index < -0.39 is 0 Å². The maximum absolute atomic E-state index is 5.69. The fraction of sp³-hybridized carbons (Fsp3) is 0.0833. The van der Waals surface area contributed by atoms with E-state index in [0.29, 0.717) is 5.89 Å². The third-order valence-electron chi connectivity index (χ3n) is 2.53. The molecule has 2 aromatic heterocycles. The monoisotopic (exact) mass is 226 g/mol. The molecule has 0 unspecified atom stereocenters. The zero-order valence-electron chi connectivity index (χ0n) is 9.21. The van der Waals surface area contributed by atoms with Gasteiger partial charge in [0.2, 0.25) is 11.8 Å². The number of nitrogen functional groups attached to an aromatic ring is 1. The van der Waals surface area contributed by atoms with Crippen LogP contribution >= 0.6 is 0 Å². The van der Waals surface area contributed by atoms with Crippen LogP contribution in [0.2, 0.25) is 0 Å². The molecule has 3 rings (SSSR count). The Morgan fingerprint density at radius 2 is 1.94 bits per heavy atom. The molecule has 2 heterocycles. The van der Waals surface area contributed by atoms with Crippen LogP contribution in [0.1, 0.15) is 5.56 Å². The van der Waals surface area contributed by atoms with Crippen LogP contribution in [0.25, 0.3) is 22.6 Å². The van der Waals surface area contributed by atoms with Crippen molar-refractivity contribution < 1.29 is 4.42 Å². The Labute approximate surface area is 97.3 Å². The summed E-state index contributed by atoms with van der Waals surface area (Å²) in [6.07, 6.45) is 3.20. The lowest BCUT2D eigenvalue weighted by molar-refractivity contribution is 0.616. The van der Waals surface area contributed by atoms with Crippen LogP contribution in [0, 0.1) is 6.92 Å². The highest BCUT2D eigenvalue weighted by Gasteiger charge is 2.10. The summed E-state index contributed by atoms with van der Waals surface area (Å²) >= 11 is 0. The number of hydrogen-bond acceptors (Lipinski definition) is 5. The third kappa shape index (κ3) is 1.61. The van der Waals surface area contributed by atoms with Crippen molar-refractivity contribution in [3.63, 3.8) is 0 Å². The highest BCUT2D eigenvalue weighted by atomic mass is 16.3. The minimum atomic E-state index is 0.237. The number of benzene rings is 1. The summed E-state index contributed by atoms with van der Waals surface area (Å²) in [5, 5.41) is 0. The standard InChI is InChI=1S/C12H10N4O/c1-7-3-2-4-9-10(7)17-11(16-9)8-5-14-12(13)15-6-8/h2-6H,1H3,(H2,13,14,15). The van der Waals surface area contributed by atoms with E-state index in [4.69, 9.17) is 10.2 Å². The number of nitrogens with two attached hydrogens (primary N) is 1. The fourth-order valence-electron chi connectivity index (χ4n) is 1.66. The van der Waals surface area contributed by atoms with Crippen molar-refractivity contribution in [2.24, 2.45) is 0 Å². The number of para-hydroxylation sites is 1.